The van der Waals surface area contributed by atoms with Crippen LogP contribution in [0.25, 0.3) is 0 Å². The molecule has 11 heteroatoms. The molecule has 1 saturated heterocycles. The van der Waals surface area contributed by atoms with Gasteiger partial charge in [-0.05, 0) is 105 Å². The van der Waals surface area contributed by atoms with Crippen molar-refractivity contribution in [2.45, 2.75) is 97.1 Å². The first kappa shape index (κ1) is 38.4. The molecule has 0 spiro atoms. The van der Waals surface area contributed by atoms with Gasteiger partial charge in [0.1, 0.15) is 6.10 Å². The van der Waals surface area contributed by atoms with Gasteiger partial charge in [-0.2, -0.15) is 10.2 Å². The Bertz CT molecular complexity index is 1780. The standard InChI is InChI=1S/C42H50N2O9/c1-4-8-37-51-22-7-10-32-31-18-15-28-23-30(45)20-21-41(28,2)38(31)34(46)24-42(32,3)39(53-37)35(47)25-52-36(48)19-14-26-9-5-6-11-33(26)44-43-29-16-12-27(13-17-29)40(49)50/h5-6,9,11-13,16-17,20-21,23,31-32,34,37-39,46H,4,7-8,10,14-15,18-19,22,24-25H2,1-3H3,(H,49,50)/b44-43+. The highest BCUT2D eigenvalue weighted by molar-refractivity contribution is 6.01. The number of benzene rings is 2. The molecule has 0 aromatic heterocycles. The van der Waals surface area contributed by atoms with Crippen LogP contribution in [0.1, 0.15) is 88.1 Å². The highest BCUT2D eigenvalue weighted by atomic mass is 16.7. The molecule has 0 bridgehead atoms. The number of azo groups is 1. The third-order valence-electron chi connectivity index (χ3n) is 12.0. The van der Waals surface area contributed by atoms with E-state index in [0.717, 1.165) is 43.2 Å². The monoisotopic (exact) mass is 726 g/mol. The zero-order valence-corrected chi connectivity index (χ0v) is 30.7. The Morgan fingerprint density at radius 2 is 1.81 bits per heavy atom. The van der Waals surface area contributed by atoms with Crippen molar-refractivity contribution in [2.75, 3.05) is 13.2 Å². The lowest BCUT2D eigenvalue weighted by Gasteiger charge is -2.60. The molecule has 0 radical (unpaired) electrons. The highest BCUT2D eigenvalue weighted by Crippen LogP contribution is 2.62. The van der Waals surface area contributed by atoms with Gasteiger partial charge >= 0.3 is 11.9 Å². The number of carboxylic acids is 1. The number of esters is 1. The van der Waals surface area contributed by atoms with Crippen LogP contribution in [0.15, 0.2) is 82.6 Å². The molecule has 2 N–H and O–H groups in total. The van der Waals surface area contributed by atoms with Crippen molar-refractivity contribution in [1.29, 1.82) is 0 Å². The van der Waals surface area contributed by atoms with Crippen LogP contribution in [0, 0.1) is 28.6 Å². The molecule has 53 heavy (non-hydrogen) atoms. The number of nitrogens with zero attached hydrogens (tertiary/aromatic N) is 2. The van der Waals surface area contributed by atoms with Crippen molar-refractivity contribution in [3.05, 3.63) is 83.5 Å². The van der Waals surface area contributed by atoms with Gasteiger partial charge in [0.15, 0.2) is 24.5 Å². The van der Waals surface area contributed by atoms with E-state index in [1.54, 1.807) is 30.4 Å². The number of allylic oxidation sites excluding steroid dienone is 4. The van der Waals surface area contributed by atoms with E-state index in [9.17, 15) is 24.3 Å². The smallest absolute Gasteiger partial charge is 0.335 e. The fourth-order valence-electron chi connectivity index (χ4n) is 9.38. The third-order valence-corrected chi connectivity index (χ3v) is 12.0. The zero-order chi connectivity index (χ0) is 37.8. The molecule has 2 aromatic rings. The van der Waals surface area contributed by atoms with Crippen LogP contribution in [0.4, 0.5) is 11.4 Å². The summed E-state index contributed by atoms with van der Waals surface area (Å²) in [6.45, 7) is 6.25. The van der Waals surface area contributed by atoms with Gasteiger partial charge in [-0.15, -0.1) is 0 Å². The van der Waals surface area contributed by atoms with Gasteiger partial charge in [0, 0.05) is 29.8 Å². The minimum atomic E-state index is -1.03. The summed E-state index contributed by atoms with van der Waals surface area (Å²) in [5, 5.41) is 29.6. The summed E-state index contributed by atoms with van der Waals surface area (Å²) in [5.41, 5.74) is 1.84. The van der Waals surface area contributed by atoms with Crippen LogP contribution in [0.2, 0.25) is 0 Å². The van der Waals surface area contributed by atoms with E-state index in [4.69, 9.17) is 19.3 Å². The predicted octanol–water partition coefficient (Wildman–Crippen LogP) is 7.65. The van der Waals surface area contributed by atoms with Crippen molar-refractivity contribution in [3.63, 3.8) is 0 Å². The van der Waals surface area contributed by atoms with Crippen molar-refractivity contribution in [2.24, 2.45) is 38.8 Å². The first-order valence-electron chi connectivity index (χ1n) is 18.8. The van der Waals surface area contributed by atoms with Crippen LogP contribution in [-0.4, -0.2) is 65.4 Å². The zero-order valence-electron chi connectivity index (χ0n) is 30.7. The number of ether oxygens (including phenoxy) is 3. The molecule has 6 rings (SSSR count). The number of Topliss-reactive ketones (excluding diaryl/α,β-unsaturated/α-hetero) is 1. The number of aliphatic hydroxyl groups is 1. The first-order valence-corrected chi connectivity index (χ1v) is 18.8. The van der Waals surface area contributed by atoms with Crippen LogP contribution >= 0.6 is 0 Å². The molecule has 3 fully saturated rings. The van der Waals surface area contributed by atoms with Gasteiger partial charge in [-0.1, -0.05) is 57.0 Å². The number of aromatic carboxylic acids is 1. The SMILES string of the molecule is CCCC1OCCCC2C3CCC4=CC(=O)C=CC4(C)C3C(O)CC2(C)C(C(=O)COC(=O)CCc2ccccc2/N=N/c2ccc(C(=O)O)cc2)O1. The van der Waals surface area contributed by atoms with Crippen LogP contribution in [0.5, 0.6) is 0 Å². The number of fused-ring (bicyclic) bond motifs is 5. The van der Waals surface area contributed by atoms with Gasteiger partial charge in [0.25, 0.3) is 0 Å². The molecular weight excluding hydrogens is 676 g/mol. The number of hydrogen-bond acceptors (Lipinski definition) is 10. The lowest BCUT2D eigenvalue weighted by atomic mass is 9.45. The molecule has 3 aliphatic carbocycles. The molecule has 2 aromatic carbocycles. The number of aryl methyl sites for hydroxylation is 1. The van der Waals surface area contributed by atoms with E-state index < -0.39 is 47.9 Å². The Morgan fingerprint density at radius 3 is 2.57 bits per heavy atom. The molecule has 4 aliphatic rings. The number of hydrogen-bond donors (Lipinski definition) is 2. The summed E-state index contributed by atoms with van der Waals surface area (Å²) in [5.74, 6) is -1.91. The number of ketones is 2. The van der Waals surface area contributed by atoms with E-state index in [2.05, 4.69) is 24.1 Å². The Hall–Kier alpha value is -4.32. The summed E-state index contributed by atoms with van der Waals surface area (Å²) in [4.78, 5) is 50.8. The number of rotatable bonds is 11. The molecular formula is C42H50N2O9. The summed E-state index contributed by atoms with van der Waals surface area (Å²) < 4.78 is 18.4. The quantitative estimate of drug-likeness (QED) is 0.175. The predicted molar refractivity (Wildman–Crippen MR) is 196 cm³/mol. The molecule has 282 valence electrons. The number of carbonyl (C=O) groups is 4. The fraction of sp³-hybridized carbons (Fsp3) is 0.524. The maximum Gasteiger partial charge on any atom is 0.335 e. The van der Waals surface area contributed by atoms with Crippen molar-refractivity contribution in [3.8, 4) is 0 Å². The fourth-order valence-corrected chi connectivity index (χ4v) is 9.38. The first-order chi connectivity index (χ1) is 25.4. The van der Waals surface area contributed by atoms with E-state index in [1.807, 2.05) is 31.2 Å². The lowest BCUT2D eigenvalue weighted by molar-refractivity contribution is -0.222. The summed E-state index contributed by atoms with van der Waals surface area (Å²) in [7, 11) is 0. The lowest BCUT2D eigenvalue weighted by Crippen LogP contribution is -2.61. The normalized spacial score (nSPS) is 31.2. The maximum atomic E-state index is 14.2. The molecule has 11 nitrogen and oxygen atoms in total. The molecule has 8 unspecified atom stereocenters. The average Bonchev–Trinajstić information content (AvgIpc) is 3.20. The van der Waals surface area contributed by atoms with E-state index >= 15 is 0 Å². The Labute approximate surface area is 310 Å². The Kier molecular flexibility index (Phi) is 11.9. The van der Waals surface area contributed by atoms with Crippen LogP contribution in [-0.2, 0) is 35.0 Å². The van der Waals surface area contributed by atoms with Gasteiger partial charge < -0.3 is 24.4 Å². The van der Waals surface area contributed by atoms with Crippen molar-refractivity contribution < 1.29 is 43.6 Å². The number of carboxylic acid groups (broad SMARTS) is 1. The maximum absolute atomic E-state index is 14.2. The molecule has 1 aliphatic heterocycles. The summed E-state index contributed by atoms with van der Waals surface area (Å²) in [6, 6.07) is 13.3. The molecule has 0 amide bonds. The number of carbonyl (C=O) groups excluding carboxylic acids is 3. The average molecular weight is 727 g/mol. The minimum Gasteiger partial charge on any atom is -0.478 e. The van der Waals surface area contributed by atoms with Gasteiger partial charge in [-0.3, -0.25) is 14.4 Å². The van der Waals surface area contributed by atoms with Gasteiger partial charge in [0.05, 0.1) is 23.0 Å². The molecule has 1 heterocycles. The largest absolute Gasteiger partial charge is 0.478 e. The second-order valence-electron chi connectivity index (χ2n) is 15.4. The van der Waals surface area contributed by atoms with E-state index in [0.29, 0.717) is 37.2 Å². The number of aliphatic hydroxyl groups excluding tert-OH is 1. The third kappa shape index (κ3) is 8.27. The van der Waals surface area contributed by atoms with Crippen LogP contribution < -0.4 is 0 Å². The summed E-state index contributed by atoms with van der Waals surface area (Å²) in [6.07, 6.45) is 8.25. The summed E-state index contributed by atoms with van der Waals surface area (Å²) >= 11 is 0. The van der Waals surface area contributed by atoms with Gasteiger partial charge in [-0.25, -0.2) is 4.79 Å². The Balaban J connectivity index is 1.15. The Morgan fingerprint density at radius 1 is 1.04 bits per heavy atom. The second-order valence-corrected chi connectivity index (χ2v) is 15.4. The molecule has 8 atom stereocenters. The van der Waals surface area contributed by atoms with Crippen molar-refractivity contribution >= 4 is 34.9 Å². The van der Waals surface area contributed by atoms with Crippen molar-refractivity contribution in [1.82, 2.24) is 0 Å². The topological polar surface area (TPSA) is 161 Å². The minimum absolute atomic E-state index is 0.00698. The van der Waals surface area contributed by atoms with E-state index in [1.165, 1.54) is 12.1 Å². The second kappa shape index (κ2) is 16.4. The molecule has 2 saturated carbocycles. The van der Waals surface area contributed by atoms with Crippen LogP contribution in [0.3, 0.4) is 0 Å². The van der Waals surface area contributed by atoms with Gasteiger partial charge in [0.2, 0.25) is 0 Å². The highest BCUT2D eigenvalue weighted by Gasteiger charge is 2.61. The van der Waals surface area contributed by atoms with E-state index in [-0.39, 0.29) is 41.3 Å².